The normalized spacial score (nSPS) is 12.6. The van der Waals surface area contributed by atoms with E-state index in [9.17, 15) is 4.79 Å². The van der Waals surface area contributed by atoms with E-state index in [4.69, 9.17) is 4.74 Å². The second-order valence-electron chi connectivity index (χ2n) is 6.54. The van der Waals surface area contributed by atoms with Gasteiger partial charge in [0.25, 0.3) is 0 Å². The third kappa shape index (κ3) is 6.70. The number of hydrogen-bond donors (Lipinski definition) is 2. The maximum Gasteiger partial charge on any atom is 0.224 e. The van der Waals surface area contributed by atoms with E-state index < -0.39 is 0 Å². The molecule has 26 heavy (non-hydrogen) atoms. The number of halogens is 1. The quantitative estimate of drug-likeness (QED) is 0.731. The number of benzene rings is 2. The van der Waals surface area contributed by atoms with Crippen molar-refractivity contribution in [3.8, 4) is 5.75 Å². The van der Waals surface area contributed by atoms with Gasteiger partial charge >= 0.3 is 0 Å². The summed E-state index contributed by atoms with van der Waals surface area (Å²) < 4.78 is 5.84. The fourth-order valence-corrected chi connectivity index (χ4v) is 2.66. The van der Waals surface area contributed by atoms with Crippen LogP contribution >= 0.6 is 12.4 Å². The summed E-state index contributed by atoms with van der Waals surface area (Å²) in [7, 11) is 1.85. The van der Waals surface area contributed by atoms with Crippen LogP contribution in [0.5, 0.6) is 5.75 Å². The molecule has 5 heteroatoms. The number of carbonyl (C=O) groups excluding carboxylic acids is 1. The lowest BCUT2D eigenvalue weighted by molar-refractivity contribution is -0.125. The van der Waals surface area contributed by atoms with E-state index in [1.54, 1.807) is 0 Å². The SMILES string of the molecule is CNCC(C)C(=O)NC(C)c1ccc(OCc2cccc(C)c2)cc1.Cl. The molecular weight excluding hydrogens is 348 g/mol. The highest BCUT2D eigenvalue weighted by atomic mass is 35.5. The van der Waals surface area contributed by atoms with Gasteiger partial charge in [-0.25, -0.2) is 0 Å². The fraction of sp³-hybridized carbons (Fsp3) is 0.381. The van der Waals surface area contributed by atoms with Gasteiger partial charge in [-0.2, -0.15) is 0 Å². The first-order valence-corrected chi connectivity index (χ1v) is 8.73. The van der Waals surface area contributed by atoms with Crippen LogP contribution in [-0.4, -0.2) is 19.5 Å². The third-order valence-electron chi connectivity index (χ3n) is 4.18. The van der Waals surface area contributed by atoms with Gasteiger partial charge in [-0.3, -0.25) is 4.79 Å². The molecule has 0 heterocycles. The van der Waals surface area contributed by atoms with Gasteiger partial charge in [-0.1, -0.05) is 48.9 Å². The van der Waals surface area contributed by atoms with E-state index in [0.29, 0.717) is 13.2 Å². The Kier molecular flexibility index (Phi) is 9.17. The Labute approximate surface area is 162 Å². The van der Waals surface area contributed by atoms with E-state index >= 15 is 0 Å². The Hall–Kier alpha value is -2.04. The zero-order chi connectivity index (χ0) is 18.2. The average Bonchev–Trinajstić information content (AvgIpc) is 2.60. The van der Waals surface area contributed by atoms with E-state index in [-0.39, 0.29) is 30.3 Å². The largest absolute Gasteiger partial charge is 0.489 e. The van der Waals surface area contributed by atoms with Crippen molar-refractivity contribution in [2.75, 3.05) is 13.6 Å². The minimum Gasteiger partial charge on any atom is -0.489 e. The van der Waals surface area contributed by atoms with Gasteiger partial charge in [0.15, 0.2) is 0 Å². The summed E-state index contributed by atoms with van der Waals surface area (Å²) in [6.45, 7) is 7.21. The first kappa shape index (κ1) is 22.0. The van der Waals surface area contributed by atoms with E-state index in [0.717, 1.165) is 16.9 Å². The molecule has 0 spiro atoms. The average molecular weight is 377 g/mol. The zero-order valence-electron chi connectivity index (χ0n) is 15.9. The number of amides is 1. The Morgan fingerprint density at radius 3 is 2.42 bits per heavy atom. The lowest BCUT2D eigenvalue weighted by Crippen LogP contribution is -2.35. The van der Waals surface area contributed by atoms with Gasteiger partial charge in [0, 0.05) is 12.5 Å². The van der Waals surface area contributed by atoms with Crippen LogP contribution in [-0.2, 0) is 11.4 Å². The fourth-order valence-electron chi connectivity index (χ4n) is 2.66. The molecule has 0 fully saturated rings. The Balaban J connectivity index is 0.00000338. The van der Waals surface area contributed by atoms with Gasteiger partial charge in [0.2, 0.25) is 5.91 Å². The van der Waals surface area contributed by atoms with Crippen molar-refractivity contribution < 1.29 is 9.53 Å². The summed E-state index contributed by atoms with van der Waals surface area (Å²) in [5.74, 6) is 0.832. The van der Waals surface area contributed by atoms with Gasteiger partial charge in [-0.05, 0) is 44.2 Å². The van der Waals surface area contributed by atoms with Crippen molar-refractivity contribution in [1.29, 1.82) is 0 Å². The summed E-state index contributed by atoms with van der Waals surface area (Å²) in [5.41, 5.74) is 3.45. The number of nitrogens with one attached hydrogen (secondary N) is 2. The van der Waals surface area contributed by atoms with Crippen LogP contribution in [0.1, 0.15) is 36.6 Å². The molecule has 2 N–H and O–H groups in total. The molecule has 0 saturated carbocycles. The molecule has 2 unspecified atom stereocenters. The van der Waals surface area contributed by atoms with E-state index in [2.05, 4.69) is 35.8 Å². The van der Waals surface area contributed by atoms with Crippen LogP contribution in [0.4, 0.5) is 0 Å². The Morgan fingerprint density at radius 1 is 1.12 bits per heavy atom. The van der Waals surface area contributed by atoms with Crippen molar-refractivity contribution in [3.05, 3.63) is 65.2 Å². The summed E-state index contributed by atoms with van der Waals surface area (Å²) in [6, 6.07) is 16.2. The Bertz CT molecular complexity index is 689. The van der Waals surface area contributed by atoms with Crippen molar-refractivity contribution in [1.82, 2.24) is 10.6 Å². The lowest BCUT2D eigenvalue weighted by atomic mass is 10.1. The third-order valence-corrected chi connectivity index (χ3v) is 4.18. The number of hydrogen-bond acceptors (Lipinski definition) is 3. The molecule has 0 aliphatic heterocycles. The molecule has 0 saturated heterocycles. The smallest absolute Gasteiger partial charge is 0.224 e. The Morgan fingerprint density at radius 2 is 1.81 bits per heavy atom. The van der Waals surface area contributed by atoms with Crippen LogP contribution < -0.4 is 15.4 Å². The molecule has 2 rings (SSSR count). The monoisotopic (exact) mass is 376 g/mol. The molecule has 0 radical (unpaired) electrons. The molecule has 4 nitrogen and oxygen atoms in total. The van der Waals surface area contributed by atoms with Crippen LogP contribution in [0.2, 0.25) is 0 Å². The number of aryl methyl sites for hydroxylation is 1. The molecule has 1 amide bonds. The van der Waals surface area contributed by atoms with Gasteiger partial charge in [-0.15, -0.1) is 12.4 Å². The number of ether oxygens (including phenoxy) is 1. The van der Waals surface area contributed by atoms with Gasteiger partial charge < -0.3 is 15.4 Å². The van der Waals surface area contributed by atoms with Gasteiger partial charge in [0.05, 0.1) is 6.04 Å². The predicted octanol–water partition coefficient (Wildman–Crippen LogP) is 4.03. The van der Waals surface area contributed by atoms with Gasteiger partial charge in [0.1, 0.15) is 12.4 Å². The highest BCUT2D eigenvalue weighted by Crippen LogP contribution is 2.19. The molecule has 0 bridgehead atoms. The molecule has 2 aromatic rings. The molecule has 0 aliphatic carbocycles. The maximum atomic E-state index is 12.1. The lowest BCUT2D eigenvalue weighted by Gasteiger charge is -2.18. The number of rotatable bonds is 8. The summed E-state index contributed by atoms with van der Waals surface area (Å²) in [5, 5.41) is 6.07. The molecule has 142 valence electrons. The minimum atomic E-state index is -0.0515. The van der Waals surface area contributed by atoms with E-state index in [1.165, 1.54) is 5.56 Å². The van der Waals surface area contributed by atoms with Crippen LogP contribution in [0.15, 0.2) is 48.5 Å². The predicted molar refractivity (Wildman–Crippen MR) is 109 cm³/mol. The van der Waals surface area contributed by atoms with Crippen molar-refractivity contribution in [3.63, 3.8) is 0 Å². The summed E-state index contributed by atoms with van der Waals surface area (Å²) in [6.07, 6.45) is 0. The zero-order valence-corrected chi connectivity index (χ0v) is 16.7. The standard InChI is InChI=1S/C21H28N2O2.ClH/c1-15-6-5-7-18(12-15)14-25-20-10-8-19(9-11-20)17(3)23-21(24)16(2)13-22-4;/h5-12,16-17,22H,13-14H2,1-4H3,(H,23,24);1H. The second-order valence-corrected chi connectivity index (χ2v) is 6.54. The number of carbonyl (C=O) groups is 1. The molecule has 0 aromatic heterocycles. The first-order valence-electron chi connectivity index (χ1n) is 8.73. The topological polar surface area (TPSA) is 50.4 Å². The van der Waals surface area contributed by atoms with Crippen molar-refractivity contribution >= 4 is 18.3 Å². The minimum absolute atomic E-state index is 0. The van der Waals surface area contributed by atoms with Crippen LogP contribution in [0, 0.1) is 12.8 Å². The first-order chi connectivity index (χ1) is 12.0. The molecule has 0 aliphatic rings. The van der Waals surface area contributed by atoms with Crippen LogP contribution in [0.3, 0.4) is 0 Å². The maximum absolute atomic E-state index is 12.1. The highest BCUT2D eigenvalue weighted by Gasteiger charge is 2.15. The molecule has 2 aromatic carbocycles. The van der Waals surface area contributed by atoms with Crippen molar-refractivity contribution in [2.24, 2.45) is 5.92 Å². The summed E-state index contributed by atoms with van der Waals surface area (Å²) >= 11 is 0. The summed E-state index contributed by atoms with van der Waals surface area (Å²) in [4.78, 5) is 12.1. The van der Waals surface area contributed by atoms with E-state index in [1.807, 2.05) is 51.2 Å². The highest BCUT2D eigenvalue weighted by molar-refractivity contribution is 5.85. The van der Waals surface area contributed by atoms with Crippen LogP contribution in [0.25, 0.3) is 0 Å². The van der Waals surface area contributed by atoms with Crippen molar-refractivity contribution in [2.45, 2.75) is 33.4 Å². The molecular formula is C21H29ClN2O2. The second kappa shape index (κ2) is 10.8. The molecule has 2 atom stereocenters.